The van der Waals surface area contributed by atoms with Gasteiger partial charge in [-0.25, -0.2) is 0 Å². The van der Waals surface area contributed by atoms with E-state index in [2.05, 4.69) is 15.5 Å². The van der Waals surface area contributed by atoms with Gasteiger partial charge in [-0.3, -0.25) is 14.2 Å². The number of carbonyl (C=O) groups excluding carboxylic acids is 1. The van der Waals surface area contributed by atoms with Crippen LogP contribution in [-0.2, 0) is 24.9 Å². The first kappa shape index (κ1) is 11.4. The number of aryl methyl sites for hydroxylation is 2. The SMILES string of the molecule is Cn1cc(CNC(=O)CCn2cccn2)cn1. The monoisotopic (exact) mass is 233 g/mol. The molecular formula is C11H15N5O. The summed E-state index contributed by atoms with van der Waals surface area (Å²) in [6.45, 7) is 1.12. The van der Waals surface area contributed by atoms with Crippen LogP contribution in [0.3, 0.4) is 0 Å². The average Bonchev–Trinajstić information content (AvgIpc) is 2.95. The summed E-state index contributed by atoms with van der Waals surface area (Å²) in [6, 6.07) is 1.84. The van der Waals surface area contributed by atoms with E-state index in [1.165, 1.54) is 0 Å². The van der Waals surface area contributed by atoms with Gasteiger partial charge in [0.15, 0.2) is 0 Å². The van der Waals surface area contributed by atoms with Crippen LogP contribution in [0.1, 0.15) is 12.0 Å². The molecule has 0 aromatic carbocycles. The van der Waals surface area contributed by atoms with Crippen LogP contribution in [-0.4, -0.2) is 25.5 Å². The first-order valence-electron chi connectivity index (χ1n) is 5.46. The van der Waals surface area contributed by atoms with E-state index in [1.54, 1.807) is 21.8 Å². The number of amides is 1. The number of aromatic nitrogens is 4. The van der Waals surface area contributed by atoms with Gasteiger partial charge in [0.05, 0.1) is 6.20 Å². The molecule has 0 aliphatic heterocycles. The van der Waals surface area contributed by atoms with E-state index in [-0.39, 0.29) is 5.91 Å². The Morgan fingerprint density at radius 1 is 1.47 bits per heavy atom. The summed E-state index contributed by atoms with van der Waals surface area (Å²) in [5.41, 5.74) is 1.000. The third kappa shape index (κ3) is 3.44. The largest absolute Gasteiger partial charge is 0.352 e. The van der Waals surface area contributed by atoms with E-state index in [0.717, 1.165) is 5.56 Å². The summed E-state index contributed by atoms with van der Waals surface area (Å²) < 4.78 is 3.45. The van der Waals surface area contributed by atoms with Crippen LogP contribution in [0.4, 0.5) is 0 Å². The number of carbonyl (C=O) groups is 1. The molecule has 0 aliphatic carbocycles. The zero-order valence-electron chi connectivity index (χ0n) is 9.71. The maximum Gasteiger partial charge on any atom is 0.222 e. The summed E-state index contributed by atoms with van der Waals surface area (Å²) in [5, 5.41) is 10.9. The van der Waals surface area contributed by atoms with Crippen molar-refractivity contribution in [3.05, 3.63) is 36.4 Å². The highest BCUT2D eigenvalue weighted by Crippen LogP contribution is 1.96. The Morgan fingerprint density at radius 3 is 3.00 bits per heavy atom. The van der Waals surface area contributed by atoms with E-state index in [9.17, 15) is 4.79 Å². The third-order valence-corrected chi connectivity index (χ3v) is 2.38. The quantitative estimate of drug-likeness (QED) is 0.809. The molecule has 17 heavy (non-hydrogen) atoms. The molecule has 2 rings (SSSR count). The van der Waals surface area contributed by atoms with Gasteiger partial charge in [-0.05, 0) is 6.07 Å². The summed E-state index contributed by atoms with van der Waals surface area (Å²) in [7, 11) is 1.85. The minimum Gasteiger partial charge on any atom is -0.352 e. The van der Waals surface area contributed by atoms with Crippen LogP contribution in [0.5, 0.6) is 0 Å². The van der Waals surface area contributed by atoms with Gasteiger partial charge in [-0.1, -0.05) is 0 Å². The van der Waals surface area contributed by atoms with Gasteiger partial charge in [0.25, 0.3) is 0 Å². The molecule has 1 N–H and O–H groups in total. The number of hydrogen-bond acceptors (Lipinski definition) is 3. The maximum atomic E-state index is 11.5. The second-order valence-electron chi connectivity index (χ2n) is 3.82. The highest BCUT2D eigenvalue weighted by Gasteiger charge is 2.02. The molecule has 2 heterocycles. The molecule has 0 spiro atoms. The van der Waals surface area contributed by atoms with Crippen molar-refractivity contribution in [1.82, 2.24) is 24.9 Å². The zero-order valence-corrected chi connectivity index (χ0v) is 9.71. The third-order valence-electron chi connectivity index (χ3n) is 2.38. The first-order chi connectivity index (χ1) is 8.24. The van der Waals surface area contributed by atoms with Crippen molar-refractivity contribution < 1.29 is 4.79 Å². The van der Waals surface area contributed by atoms with Crippen LogP contribution >= 0.6 is 0 Å². The minimum atomic E-state index is 0.0179. The summed E-state index contributed by atoms with van der Waals surface area (Å²) in [4.78, 5) is 11.5. The second kappa shape index (κ2) is 5.29. The Labute approximate surface area is 99.2 Å². The Morgan fingerprint density at radius 2 is 2.35 bits per heavy atom. The molecule has 0 saturated carbocycles. The molecule has 90 valence electrons. The van der Waals surface area contributed by atoms with Gasteiger partial charge in [0, 0.05) is 50.7 Å². The van der Waals surface area contributed by atoms with E-state index in [1.807, 2.05) is 25.5 Å². The lowest BCUT2D eigenvalue weighted by Gasteiger charge is -2.03. The standard InChI is InChI=1S/C11H15N5O/c1-15-9-10(8-14-15)7-12-11(17)3-6-16-5-2-4-13-16/h2,4-5,8-9H,3,6-7H2,1H3,(H,12,17). The normalized spacial score (nSPS) is 10.4. The molecule has 0 aliphatic rings. The Hall–Kier alpha value is -2.11. The molecule has 1 amide bonds. The Kier molecular flexibility index (Phi) is 3.54. The lowest BCUT2D eigenvalue weighted by atomic mass is 10.3. The fourth-order valence-electron chi connectivity index (χ4n) is 1.50. The predicted octanol–water partition coefficient (Wildman–Crippen LogP) is 0.323. The average molecular weight is 233 g/mol. The number of rotatable bonds is 5. The summed E-state index contributed by atoms with van der Waals surface area (Å²) in [6.07, 6.45) is 7.60. The van der Waals surface area contributed by atoms with Crippen LogP contribution in [0, 0.1) is 0 Å². The van der Waals surface area contributed by atoms with E-state index in [0.29, 0.717) is 19.5 Å². The van der Waals surface area contributed by atoms with Gasteiger partial charge in [0.1, 0.15) is 0 Å². The predicted molar refractivity (Wildman–Crippen MR) is 61.9 cm³/mol. The highest BCUT2D eigenvalue weighted by molar-refractivity contribution is 5.75. The molecular weight excluding hydrogens is 218 g/mol. The van der Waals surface area contributed by atoms with Gasteiger partial charge in [-0.15, -0.1) is 0 Å². The lowest BCUT2D eigenvalue weighted by molar-refractivity contribution is -0.121. The van der Waals surface area contributed by atoms with Crippen LogP contribution < -0.4 is 5.32 Å². The molecule has 6 heteroatoms. The Bertz CT molecular complexity index is 474. The first-order valence-corrected chi connectivity index (χ1v) is 5.46. The van der Waals surface area contributed by atoms with Gasteiger partial charge >= 0.3 is 0 Å². The molecule has 2 aromatic heterocycles. The second-order valence-corrected chi connectivity index (χ2v) is 3.82. The molecule has 0 atom stereocenters. The van der Waals surface area contributed by atoms with Crippen LogP contribution in [0.2, 0.25) is 0 Å². The molecule has 2 aromatic rings. The van der Waals surface area contributed by atoms with Gasteiger partial charge in [0.2, 0.25) is 5.91 Å². The molecule has 0 fully saturated rings. The number of hydrogen-bond donors (Lipinski definition) is 1. The van der Waals surface area contributed by atoms with Gasteiger partial charge < -0.3 is 5.32 Å². The van der Waals surface area contributed by atoms with Crippen molar-refractivity contribution in [1.29, 1.82) is 0 Å². The molecule has 0 bridgehead atoms. The zero-order chi connectivity index (χ0) is 12.1. The van der Waals surface area contributed by atoms with E-state index in [4.69, 9.17) is 0 Å². The highest BCUT2D eigenvalue weighted by atomic mass is 16.1. The molecule has 0 unspecified atom stereocenters. The summed E-state index contributed by atoms with van der Waals surface area (Å²) >= 11 is 0. The number of nitrogens with one attached hydrogen (secondary N) is 1. The minimum absolute atomic E-state index is 0.0179. The van der Waals surface area contributed by atoms with Crippen LogP contribution in [0.25, 0.3) is 0 Å². The lowest BCUT2D eigenvalue weighted by Crippen LogP contribution is -2.23. The van der Waals surface area contributed by atoms with Crippen molar-refractivity contribution >= 4 is 5.91 Å². The van der Waals surface area contributed by atoms with Crippen molar-refractivity contribution in [2.75, 3.05) is 0 Å². The Balaban J connectivity index is 1.71. The van der Waals surface area contributed by atoms with Gasteiger partial charge in [-0.2, -0.15) is 10.2 Å². The molecule has 0 radical (unpaired) electrons. The van der Waals surface area contributed by atoms with Crippen molar-refractivity contribution in [2.45, 2.75) is 19.5 Å². The molecule has 6 nitrogen and oxygen atoms in total. The topological polar surface area (TPSA) is 64.7 Å². The van der Waals surface area contributed by atoms with Crippen molar-refractivity contribution in [3.8, 4) is 0 Å². The van der Waals surface area contributed by atoms with Crippen molar-refractivity contribution in [3.63, 3.8) is 0 Å². The van der Waals surface area contributed by atoms with E-state index < -0.39 is 0 Å². The summed E-state index contributed by atoms with van der Waals surface area (Å²) in [5.74, 6) is 0.0179. The van der Waals surface area contributed by atoms with Crippen molar-refractivity contribution in [2.24, 2.45) is 7.05 Å². The molecule has 0 saturated heterocycles. The smallest absolute Gasteiger partial charge is 0.222 e. The fourth-order valence-corrected chi connectivity index (χ4v) is 1.50. The van der Waals surface area contributed by atoms with Crippen LogP contribution in [0.15, 0.2) is 30.9 Å². The van der Waals surface area contributed by atoms with E-state index >= 15 is 0 Å². The number of nitrogens with zero attached hydrogens (tertiary/aromatic N) is 4. The fraction of sp³-hybridized carbons (Fsp3) is 0.364. The maximum absolute atomic E-state index is 11.5.